The third kappa shape index (κ3) is 7.50. The fourth-order valence-electron chi connectivity index (χ4n) is 2.86. The van der Waals surface area contributed by atoms with Crippen molar-refractivity contribution in [3.05, 3.63) is 78.4 Å². The molecule has 130 valence electrons. The Morgan fingerprint density at radius 1 is 0.958 bits per heavy atom. The van der Waals surface area contributed by atoms with Gasteiger partial charge in [0.25, 0.3) is 0 Å². The average molecular weight is 324 g/mol. The Bertz CT molecular complexity index is 559. The van der Waals surface area contributed by atoms with Crippen LogP contribution in [-0.2, 0) is 0 Å². The molecule has 1 aromatic rings. The van der Waals surface area contributed by atoms with E-state index in [1.165, 1.54) is 11.3 Å². The third-order valence-corrected chi connectivity index (χ3v) is 3.88. The monoisotopic (exact) mass is 323 g/mol. The van der Waals surface area contributed by atoms with Crippen molar-refractivity contribution in [1.29, 1.82) is 0 Å². The molecule has 0 N–H and O–H groups in total. The summed E-state index contributed by atoms with van der Waals surface area (Å²) in [6.45, 7) is 10.9. The van der Waals surface area contributed by atoms with Crippen LogP contribution in [0.5, 0.6) is 0 Å². The van der Waals surface area contributed by atoms with Gasteiger partial charge in [0.05, 0.1) is 0 Å². The normalized spacial score (nSPS) is 14.4. The van der Waals surface area contributed by atoms with Gasteiger partial charge in [0.15, 0.2) is 0 Å². The van der Waals surface area contributed by atoms with E-state index in [4.69, 9.17) is 0 Å². The fourth-order valence-corrected chi connectivity index (χ4v) is 2.86. The predicted octanol–water partition coefficient (Wildman–Crippen LogP) is 6.70. The minimum Gasteiger partial charge on any atom is -0.359 e. The largest absolute Gasteiger partial charge is 0.359 e. The first-order valence-electron chi connectivity index (χ1n) is 8.99. The Hall–Kier alpha value is -2.02. The molecule has 1 nitrogen and oxygen atoms in total. The SMILES string of the molecule is C/C=C\CC/C=C\C=C/C(C)N(c1ccccc1)C(C)C=C(C)C. The van der Waals surface area contributed by atoms with Crippen LogP contribution in [0.25, 0.3) is 0 Å². The second kappa shape index (κ2) is 11.5. The van der Waals surface area contributed by atoms with Crippen molar-refractivity contribution in [2.75, 3.05) is 4.90 Å². The number of nitrogens with zero attached hydrogens (tertiary/aromatic N) is 1. The van der Waals surface area contributed by atoms with Gasteiger partial charge in [-0.3, -0.25) is 0 Å². The molecule has 0 radical (unpaired) electrons. The number of rotatable bonds is 9. The zero-order valence-corrected chi connectivity index (χ0v) is 15.9. The number of hydrogen-bond acceptors (Lipinski definition) is 1. The number of anilines is 1. The zero-order valence-electron chi connectivity index (χ0n) is 15.9. The minimum atomic E-state index is 0.332. The standard InChI is InChI=1S/C23H33N/c1-6-7-8-9-10-11-13-16-21(4)24(22(5)19-20(2)3)23-17-14-12-15-18-23/h6-7,10-19,21-22H,8-9H2,1-5H3/b7-6-,11-10-,16-13-. The molecule has 0 saturated heterocycles. The van der Waals surface area contributed by atoms with E-state index >= 15 is 0 Å². The second-order valence-corrected chi connectivity index (χ2v) is 6.43. The summed E-state index contributed by atoms with van der Waals surface area (Å²) in [7, 11) is 0. The van der Waals surface area contributed by atoms with Gasteiger partial charge in [0.2, 0.25) is 0 Å². The smallest absolute Gasteiger partial charge is 0.0453 e. The molecule has 1 heteroatoms. The molecule has 0 fully saturated rings. The van der Waals surface area contributed by atoms with E-state index in [-0.39, 0.29) is 0 Å². The van der Waals surface area contributed by atoms with Gasteiger partial charge in [-0.1, -0.05) is 66.3 Å². The van der Waals surface area contributed by atoms with E-state index < -0.39 is 0 Å². The average Bonchev–Trinajstić information content (AvgIpc) is 2.54. The second-order valence-electron chi connectivity index (χ2n) is 6.43. The van der Waals surface area contributed by atoms with Crippen molar-refractivity contribution in [2.45, 2.75) is 59.5 Å². The lowest BCUT2D eigenvalue weighted by Crippen LogP contribution is -2.38. The van der Waals surface area contributed by atoms with Crippen LogP contribution in [0.4, 0.5) is 5.69 Å². The maximum atomic E-state index is 2.46. The van der Waals surface area contributed by atoms with Gasteiger partial charge in [0.1, 0.15) is 0 Å². The van der Waals surface area contributed by atoms with E-state index in [0.717, 1.165) is 12.8 Å². The molecular formula is C23H33N. The summed E-state index contributed by atoms with van der Waals surface area (Å²) in [5, 5.41) is 0. The van der Waals surface area contributed by atoms with E-state index in [0.29, 0.717) is 12.1 Å². The molecule has 0 aliphatic rings. The van der Waals surface area contributed by atoms with Crippen LogP contribution >= 0.6 is 0 Å². The lowest BCUT2D eigenvalue weighted by atomic mass is 10.1. The molecule has 2 unspecified atom stereocenters. The van der Waals surface area contributed by atoms with Crippen LogP contribution in [0.3, 0.4) is 0 Å². The van der Waals surface area contributed by atoms with Crippen LogP contribution in [0.2, 0.25) is 0 Å². The molecule has 24 heavy (non-hydrogen) atoms. The molecule has 0 bridgehead atoms. The lowest BCUT2D eigenvalue weighted by Gasteiger charge is -2.34. The summed E-state index contributed by atoms with van der Waals surface area (Å²) < 4.78 is 0. The fraction of sp³-hybridized carbons (Fsp3) is 0.391. The van der Waals surface area contributed by atoms with Crippen LogP contribution in [0.15, 0.2) is 78.4 Å². The van der Waals surface area contributed by atoms with Crippen molar-refractivity contribution in [1.82, 2.24) is 0 Å². The molecule has 1 aromatic carbocycles. The maximum Gasteiger partial charge on any atom is 0.0453 e. The third-order valence-electron chi connectivity index (χ3n) is 3.88. The van der Waals surface area contributed by atoms with Crippen molar-refractivity contribution in [3.8, 4) is 0 Å². The van der Waals surface area contributed by atoms with Gasteiger partial charge in [-0.25, -0.2) is 0 Å². The van der Waals surface area contributed by atoms with Gasteiger partial charge >= 0.3 is 0 Å². The van der Waals surface area contributed by atoms with E-state index in [9.17, 15) is 0 Å². The predicted molar refractivity (Wildman–Crippen MR) is 110 cm³/mol. The summed E-state index contributed by atoms with van der Waals surface area (Å²) in [5.41, 5.74) is 2.61. The van der Waals surface area contributed by atoms with Gasteiger partial charge in [-0.2, -0.15) is 0 Å². The molecule has 1 rings (SSSR count). The van der Waals surface area contributed by atoms with Crippen LogP contribution in [0, 0.1) is 0 Å². The van der Waals surface area contributed by atoms with Crippen LogP contribution < -0.4 is 4.90 Å². The highest BCUT2D eigenvalue weighted by atomic mass is 15.2. The number of benzene rings is 1. The van der Waals surface area contributed by atoms with E-state index in [1.807, 2.05) is 0 Å². The molecule has 0 spiro atoms. The van der Waals surface area contributed by atoms with Gasteiger partial charge in [-0.05, 0) is 59.6 Å². The van der Waals surface area contributed by atoms with Crippen LogP contribution in [0.1, 0.15) is 47.5 Å². The highest BCUT2D eigenvalue weighted by molar-refractivity contribution is 5.50. The highest BCUT2D eigenvalue weighted by Gasteiger charge is 2.16. The molecule has 0 aliphatic carbocycles. The summed E-state index contributed by atoms with van der Waals surface area (Å²) >= 11 is 0. The van der Waals surface area contributed by atoms with Gasteiger partial charge in [-0.15, -0.1) is 0 Å². The van der Waals surface area contributed by atoms with Gasteiger partial charge < -0.3 is 4.90 Å². The van der Waals surface area contributed by atoms with Gasteiger partial charge in [0, 0.05) is 17.8 Å². The quantitative estimate of drug-likeness (QED) is 0.277. The maximum absolute atomic E-state index is 2.46. The first kappa shape index (κ1) is 20.0. The Kier molecular flexibility index (Phi) is 9.60. The zero-order chi connectivity index (χ0) is 17.8. The molecule has 0 aliphatic heterocycles. The molecular weight excluding hydrogens is 290 g/mol. The number of hydrogen-bond donors (Lipinski definition) is 0. The van der Waals surface area contributed by atoms with E-state index in [1.54, 1.807) is 0 Å². The molecule has 0 aromatic heterocycles. The number of para-hydroxylation sites is 1. The van der Waals surface area contributed by atoms with Crippen molar-refractivity contribution < 1.29 is 0 Å². The summed E-state index contributed by atoms with van der Waals surface area (Å²) in [4.78, 5) is 2.46. The first-order chi connectivity index (χ1) is 11.6. The Labute approximate surface area is 149 Å². The molecule has 0 saturated carbocycles. The summed E-state index contributed by atoms with van der Waals surface area (Å²) in [6, 6.07) is 11.3. The van der Waals surface area contributed by atoms with E-state index in [2.05, 4.69) is 112 Å². The van der Waals surface area contributed by atoms with Crippen LogP contribution in [-0.4, -0.2) is 12.1 Å². The summed E-state index contributed by atoms with van der Waals surface area (Å²) in [6.07, 6.45) is 17.7. The Balaban J connectivity index is 2.81. The minimum absolute atomic E-state index is 0.332. The first-order valence-corrected chi connectivity index (χ1v) is 8.99. The Morgan fingerprint density at radius 3 is 2.25 bits per heavy atom. The molecule has 0 amide bonds. The van der Waals surface area contributed by atoms with Crippen molar-refractivity contribution in [2.24, 2.45) is 0 Å². The number of unbranched alkanes of at least 4 members (excludes halogenated alkanes) is 1. The Morgan fingerprint density at radius 2 is 1.62 bits per heavy atom. The van der Waals surface area contributed by atoms with Crippen molar-refractivity contribution in [3.63, 3.8) is 0 Å². The highest BCUT2D eigenvalue weighted by Crippen LogP contribution is 2.21. The molecule has 2 atom stereocenters. The molecule has 0 heterocycles. The van der Waals surface area contributed by atoms with Crippen molar-refractivity contribution >= 4 is 5.69 Å². The number of allylic oxidation sites excluding steroid dienone is 6. The lowest BCUT2D eigenvalue weighted by molar-refractivity contribution is 0.679. The topological polar surface area (TPSA) is 3.24 Å². The summed E-state index contributed by atoms with van der Waals surface area (Å²) in [5.74, 6) is 0.